The maximum absolute atomic E-state index is 12.3. The van der Waals surface area contributed by atoms with Crippen LogP contribution in [0.4, 0.5) is 5.69 Å². The van der Waals surface area contributed by atoms with E-state index in [-0.39, 0.29) is 24.1 Å². The number of nitrogens with one attached hydrogen (secondary N) is 1. The number of hydrogen-bond acceptors (Lipinski definition) is 6. The first-order valence-corrected chi connectivity index (χ1v) is 9.89. The Morgan fingerprint density at radius 2 is 2.00 bits per heavy atom. The average Bonchev–Trinajstić information content (AvgIpc) is 3.08. The van der Waals surface area contributed by atoms with Crippen molar-refractivity contribution in [2.75, 3.05) is 18.5 Å². The summed E-state index contributed by atoms with van der Waals surface area (Å²) in [5.74, 6) is 0.277. The molecule has 1 heterocycles. The van der Waals surface area contributed by atoms with Crippen LogP contribution in [0.2, 0.25) is 5.02 Å². The summed E-state index contributed by atoms with van der Waals surface area (Å²) in [4.78, 5) is 27.7. The summed E-state index contributed by atoms with van der Waals surface area (Å²) in [6.45, 7) is 7.59. The lowest BCUT2D eigenvalue weighted by atomic mass is 10.1. The zero-order valence-corrected chi connectivity index (χ0v) is 17.9. The van der Waals surface area contributed by atoms with Gasteiger partial charge >= 0.3 is 5.97 Å². The summed E-state index contributed by atoms with van der Waals surface area (Å²) in [5.41, 5.74) is 1.97. The summed E-state index contributed by atoms with van der Waals surface area (Å²) < 4.78 is 16.5. The van der Waals surface area contributed by atoms with Gasteiger partial charge in [0.1, 0.15) is 6.61 Å². The summed E-state index contributed by atoms with van der Waals surface area (Å²) in [6, 6.07) is 10.2. The fourth-order valence-corrected chi connectivity index (χ4v) is 3.08. The number of esters is 1. The molecule has 0 atom stereocenters. The number of amides is 1. The molecule has 0 unspecified atom stereocenters. The Hall–Kier alpha value is -3.58. The Labute approximate surface area is 185 Å². The van der Waals surface area contributed by atoms with Crippen molar-refractivity contribution < 1.29 is 23.8 Å². The first-order chi connectivity index (χ1) is 14.9. The molecule has 0 spiro atoms. The van der Waals surface area contributed by atoms with E-state index < -0.39 is 5.97 Å². The average molecular weight is 441 g/mol. The molecular formula is C23H21ClN2O5. The van der Waals surface area contributed by atoms with Crippen molar-refractivity contribution >= 4 is 41.1 Å². The number of benzene rings is 2. The predicted molar refractivity (Wildman–Crippen MR) is 120 cm³/mol. The Bertz CT molecular complexity index is 1070. The van der Waals surface area contributed by atoms with Gasteiger partial charge in [-0.25, -0.2) is 9.79 Å². The molecule has 3 rings (SSSR count). The van der Waals surface area contributed by atoms with Gasteiger partial charge in [0.2, 0.25) is 11.8 Å². The Morgan fingerprint density at radius 3 is 2.65 bits per heavy atom. The minimum Gasteiger partial charge on any atom is -0.490 e. The fraction of sp³-hybridized carbons (Fsp3) is 0.174. The van der Waals surface area contributed by atoms with Gasteiger partial charge in [0.15, 0.2) is 17.2 Å². The predicted octanol–water partition coefficient (Wildman–Crippen LogP) is 4.61. The van der Waals surface area contributed by atoms with Crippen molar-refractivity contribution in [2.45, 2.75) is 13.8 Å². The van der Waals surface area contributed by atoms with E-state index in [1.54, 1.807) is 48.6 Å². The normalized spacial score (nSPS) is 14.1. The second-order valence-electron chi connectivity index (χ2n) is 6.46. The molecule has 1 aliphatic rings. The first kappa shape index (κ1) is 22.1. The molecule has 0 bridgehead atoms. The van der Waals surface area contributed by atoms with E-state index in [1.165, 1.54) is 6.92 Å². The molecule has 0 aromatic heterocycles. The number of carbonyl (C=O) groups is 2. The van der Waals surface area contributed by atoms with Crippen LogP contribution in [0.1, 0.15) is 25.0 Å². The van der Waals surface area contributed by atoms with Gasteiger partial charge in [0.05, 0.1) is 11.6 Å². The minimum atomic E-state index is -0.581. The van der Waals surface area contributed by atoms with E-state index in [2.05, 4.69) is 16.9 Å². The van der Waals surface area contributed by atoms with Crippen LogP contribution in [0.25, 0.3) is 6.08 Å². The third kappa shape index (κ3) is 5.52. The van der Waals surface area contributed by atoms with E-state index in [4.69, 9.17) is 25.8 Å². The summed E-state index contributed by atoms with van der Waals surface area (Å²) in [7, 11) is 0. The molecule has 0 fully saturated rings. The highest BCUT2D eigenvalue weighted by Gasteiger charge is 2.24. The number of hydrogen-bond donors (Lipinski definition) is 1. The Morgan fingerprint density at radius 1 is 1.26 bits per heavy atom. The molecular weight excluding hydrogens is 420 g/mol. The maximum Gasteiger partial charge on any atom is 0.363 e. The van der Waals surface area contributed by atoms with Crippen LogP contribution in [-0.4, -0.2) is 31.0 Å². The molecule has 2 aromatic carbocycles. The van der Waals surface area contributed by atoms with Crippen LogP contribution >= 0.6 is 11.6 Å². The number of ether oxygens (including phenoxy) is 3. The second-order valence-corrected chi connectivity index (χ2v) is 6.86. The second kappa shape index (κ2) is 9.95. The minimum absolute atomic E-state index is 0.124. The number of anilines is 1. The molecule has 1 N–H and O–H groups in total. The van der Waals surface area contributed by atoms with Gasteiger partial charge in [-0.2, -0.15) is 0 Å². The quantitative estimate of drug-likeness (QED) is 0.368. The van der Waals surface area contributed by atoms with Crippen LogP contribution in [0.3, 0.4) is 0 Å². The van der Waals surface area contributed by atoms with Gasteiger partial charge in [0, 0.05) is 18.2 Å². The number of aliphatic imine (C=N–C) groups is 1. The molecule has 0 saturated carbocycles. The monoisotopic (exact) mass is 440 g/mol. The van der Waals surface area contributed by atoms with Crippen molar-refractivity contribution in [1.29, 1.82) is 0 Å². The number of rotatable bonds is 8. The Balaban J connectivity index is 1.89. The van der Waals surface area contributed by atoms with Crippen molar-refractivity contribution in [3.05, 3.63) is 70.9 Å². The molecule has 1 amide bonds. The van der Waals surface area contributed by atoms with Gasteiger partial charge in [-0.1, -0.05) is 24.3 Å². The van der Waals surface area contributed by atoms with Gasteiger partial charge in [0.25, 0.3) is 0 Å². The van der Waals surface area contributed by atoms with Gasteiger partial charge < -0.3 is 19.5 Å². The maximum atomic E-state index is 12.3. The lowest BCUT2D eigenvalue weighted by Crippen LogP contribution is -2.07. The molecule has 31 heavy (non-hydrogen) atoms. The molecule has 0 saturated heterocycles. The first-order valence-electron chi connectivity index (χ1n) is 9.52. The SMILES string of the molecule is C=CCOc1c(Cl)cc(/C=C2\N=C(c3ccc(NC(C)=O)cc3)OC2=O)cc1OCC. The van der Waals surface area contributed by atoms with Crippen LogP contribution in [0.5, 0.6) is 11.5 Å². The summed E-state index contributed by atoms with van der Waals surface area (Å²) in [6.07, 6.45) is 3.17. The van der Waals surface area contributed by atoms with Gasteiger partial charge in [-0.3, -0.25) is 4.79 Å². The molecule has 2 aromatic rings. The van der Waals surface area contributed by atoms with Crippen molar-refractivity contribution in [2.24, 2.45) is 4.99 Å². The van der Waals surface area contributed by atoms with E-state index in [1.807, 2.05) is 6.92 Å². The highest BCUT2D eigenvalue weighted by atomic mass is 35.5. The molecule has 160 valence electrons. The largest absolute Gasteiger partial charge is 0.490 e. The van der Waals surface area contributed by atoms with E-state index in [9.17, 15) is 9.59 Å². The third-order valence-corrected chi connectivity index (χ3v) is 4.33. The third-order valence-electron chi connectivity index (χ3n) is 4.05. The Kier molecular flexibility index (Phi) is 7.10. The van der Waals surface area contributed by atoms with Crippen LogP contribution < -0.4 is 14.8 Å². The smallest absolute Gasteiger partial charge is 0.363 e. The lowest BCUT2D eigenvalue weighted by Gasteiger charge is -2.13. The van der Waals surface area contributed by atoms with E-state index >= 15 is 0 Å². The molecule has 8 heteroatoms. The van der Waals surface area contributed by atoms with Crippen molar-refractivity contribution in [1.82, 2.24) is 0 Å². The van der Waals surface area contributed by atoms with E-state index in [0.29, 0.717) is 39.9 Å². The molecule has 0 aliphatic carbocycles. The van der Waals surface area contributed by atoms with Crippen LogP contribution in [0, 0.1) is 0 Å². The van der Waals surface area contributed by atoms with Crippen LogP contribution in [0.15, 0.2) is 59.7 Å². The molecule has 0 radical (unpaired) electrons. The number of nitrogens with zero attached hydrogens (tertiary/aromatic N) is 1. The molecule has 1 aliphatic heterocycles. The standard InChI is InChI=1S/C23H21ClN2O5/c1-4-10-30-21-18(24)11-15(13-20(21)29-5-2)12-19-23(28)31-22(26-19)16-6-8-17(9-7-16)25-14(3)27/h4,6-9,11-13H,1,5,10H2,2-3H3,(H,25,27)/b19-12-. The highest BCUT2D eigenvalue weighted by molar-refractivity contribution is 6.32. The number of carbonyl (C=O) groups excluding carboxylic acids is 2. The fourth-order valence-electron chi connectivity index (χ4n) is 2.81. The number of cyclic esters (lactones) is 1. The van der Waals surface area contributed by atoms with Gasteiger partial charge in [-0.15, -0.1) is 0 Å². The van der Waals surface area contributed by atoms with Crippen molar-refractivity contribution in [3.8, 4) is 11.5 Å². The lowest BCUT2D eigenvalue weighted by molar-refractivity contribution is -0.129. The van der Waals surface area contributed by atoms with E-state index in [0.717, 1.165) is 0 Å². The zero-order valence-electron chi connectivity index (χ0n) is 17.1. The highest BCUT2D eigenvalue weighted by Crippen LogP contribution is 2.37. The summed E-state index contributed by atoms with van der Waals surface area (Å²) in [5, 5.41) is 3.01. The van der Waals surface area contributed by atoms with Crippen molar-refractivity contribution in [3.63, 3.8) is 0 Å². The topological polar surface area (TPSA) is 86.2 Å². The molecule has 7 nitrogen and oxygen atoms in total. The number of halogens is 1. The van der Waals surface area contributed by atoms with Crippen LogP contribution in [-0.2, 0) is 14.3 Å². The zero-order chi connectivity index (χ0) is 22.4. The van der Waals surface area contributed by atoms with Gasteiger partial charge in [-0.05, 0) is 55.0 Å². The summed E-state index contributed by atoms with van der Waals surface area (Å²) >= 11 is 6.35.